The molecular formula is C14H20ClN3. The molecule has 4 heteroatoms. The number of hydrogen-bond acceptors (Lipinski definition) is 2. The zero-order valence-corrected chi connectivity index (χ0v) is 11.7. The minimum absolute atomic E-state index is 0.107. The maximum Gasteiger partial charge on any atom is 0.124 e. The van der Waals surface area contributed by atoms with E-state index in [4.69, 9.17) is 22.7 Å². The molecular weight excluding hydrogens is 246 g/mol. The summed E-state index contributed by atoms with van der Waals surface area (Å²) in [6, 6.07) is 6.08. The molecule has 1 fully saturated rings. The zero-order chi connectivity index (χ0) is 13.3. The van der Waals surface area contributed by atoms with Gasteiger partial charge in [-0.3, -0.25) is 5.41 Å². The third kappa shape index (κ3) is 2.46. The lowest BCUT2D eigenvalue weighted by molar-refractivity contribution is 0.492. The molecule has 1 saturated heterocycles. The van der Waals surface area contributed by atoms with E-state index in [1.165, 1.54) is 12.8 Å². The van der Waals surface area contributed by atoms with Crippen LogP contribution in [0.15, 0.2) is 18.2 Å². The zero-order valence-electron chi connectivity index (χ0n) is 10.9. The third-order valence-corrected chi connectivity index (χ3v) is 3.86. The molecule has 1 aromatic carbocycles. The fraction of sp³-hybridized carbons (Fsp3) is 0.500. The minimum Gasteiger partial charge on any atom is -0.384 e. The minimum atomic E-state index is 0.107. The summed E-state index contributed by atoms with van der Waals surface area (Å²) in [5.41, 5.74) is 7.46. The molecule has 1 heterocycles. The van der Waals surface area contributed by atoms with E-state index in [1.54, 1.807) is 6.07 Å². The molecule has 18 heavy (non-hydrogen) atoms. The van der Waals surface area contributed by atoms with E-state index >= 15 is 0 Å². The second-order valence-electron chi connectivity index (χ2n) is 5.22. The van der Waals surface area contributed by atoms with Gasteiger partial charge in [-0.05, 0) is 37.0 Å². The lowest BCUT2D eigenvalue weighted by atomic mass is 10.0. The Bertz CT molecular complexity index is 456. The molecule has 1 atom stereocenters. The van der Waals surface area contributed by atoms with Crippen LogP contribution >= 0.6 is 11.6 Å². The Morgan fingerprint density at radius 3 is 2.83 bits per heavy atom. The predicted molar refractivity (Wildman–Crippen MR) is 77.7 cm³/mol. The SMILES string of the molecule is CC(C)C1CCCN1c1cc(Cl)ccc1C(=N)N. The first-order valence-corrected chi connectivity index (χ1v) is 6.79. The number of benzene rings is 1. The number of hydrogen-bond donors (Lipinski definition) is 2. The number of nitrogens with one attached hydrogen (secondary N) is 1. The van der Waals surface area contributed by atoms with Gasteiger partial charge in [-0.2, -0.15) is 0 Å². The highest BCUT2D eigenvalue weighted by Crippen LogP contribution is 2.33. The molecule has 1 aliphatic rings. The normalized spacial score (nSPS) is 19.6. The first-order chi connectivity index (χ1) is 8.50. The molecule has 0 bridgehead atoms. The number of anilines is 1. The number of nitrogens with two attached hydrogens (primary N) is 1. The fourth-order valence-electron chi connectivity index (χ4n) is 2.75. The molecule has 3 nitrogen and oxygen atoms in total. The summed E-state index contributed by atoms with van der Waals surface area (Å²) >= 11 is 6.09. The second-order valence-corrected chi connectivity index (χ2v) is 5.66. The highest BCUT2D eigenvalue weighted by atomic mass is 35.5. The van der Waals surface area contributed by atoms with E-state index < -0.39 is 0 Å². The van der Waals surface area contributed by atoms with E-state index in [9.17, 15) is 0 Å². The highest BCUT2D eigenvalue weighted by molar-refractivity contribution is 6.31. The molecule has 0 aromatic heterocycles. The van der Waals surface area contributed by atoms with Gasteiger partial charge < -0.3 is 10.6 Å². The summed E-state index contributed by atoms with van der Waals surface area (Å²) in [6.07, 6.45) is 2.38. The molecule has 98 valence electrons. The average Bonchev–Trinajstić information content (AvgIpc) is 2.77. The topological polar surface area (TPSA) is 53.1 Å². The van der Waals surface area contributed by atoms with Crippen LogP contribution in [0, 0.1) is 11.3 Å². The quantitative estimate of drug-likeness (QED) is 0.651. The van der Waals surface area contributed by atoms with E-state index in [0.29, 0.717) is 17.0 Å². The smallest absolute Gasteiger partial charge is 0.124 e. The molecule has 3 N–H and O–H groups in total. The van der Waals surface area contributed by atoms with Crippen LogP contribution < -0.4 is 10.6 Å². The Morgan fingerprint density at radius 1 is 1.50 bits per heavy atom. The van der Waals surface area contributed by atoms with Gasteiger partial charge in [0.1, 0.15) is 5.84 Å². The summed E-state index contributed by atoms with van der Waals surface area (Å²) < 4.78 is 0. The number of halogens is 1. The Morgan fingerprint density at radius 2 is 2.22 bits per heavy atom. The maximum absolute atomic E-state index is 7.69. The van der Waals surface area contributed by atoms with Crippen molar-refractivity contribution >= 4 is 23.1 Å². The summed E-state index contributed by atoms with van der Waals surface area (Å²) in [6.45, 7) is 5.49. The summed E-state index contributed by atoms with van der Waals surface area (Å²) in [7, 11) is 0. The molecule has 0 radical (unpaired) electrons. The Hall–Kier alpha value is -1.22. The standard InChI is InChI=1S/C14H20ClN3/c1-9(2)12-4-3-7-18(12)13-8-10(15)5-6-11(13)14(16)17/h5-6,8-9,12H,3-4,7H2,1-2H3,(H3,16,17). The van der Waals surface area contributed by atoms with Gasteiger partial charge in [-0.1, -0.05) is 25.4 Å². The Balaban J connectivity index is 2.42. The largest absolute Gasteiger partial charge is 0.384 e. The lowest BCUT2D eigenvalue weighted by Crippen LogP contribution is -2.34. The van der Waals surface area contributed by atoms with Crippen LogP contribution in [0.4, 0.5) is 5.69 Å². The van der Waals surface area contributed by atoms with E-state index in [-0.39, 0.29) is 5.84 Å². The van der Waals surface area contributed by atoms with Gasteiger partial charge in [0.2, 0.25) is 0 Å². The van der Waals surface area contributed by atoms with Crippen LogP contribution in [0.1, 0.15) is 32.3 Å². The van der Waals surface area contributed by atoms with E-state index in [0.717, 1.165) is 17.8 Å². The molecule has 0 spiro atoms. The Kier molecular flexibility index (Phi) is 3.81. The van der Waals surface area contributed by atoms with Crippen LogP contribution in [0.25, 0.3) is 0 Å². The van der Waals surface area contributed by atoms with Crippen LogP contribution in [0.2, 0.25) is 5.02 Å². The van der Waals surface area contributed by atoms with Gasteiger partial charge in [0.05, 0.1) is 0 Å². The summed E-state index contributed by atoms with van der Waals surface area (Å²) in [5, 5.41) is 8.39. The average molecular weight is 266 g/mol. The van der Waals surface area contributed by atoms with Crippen molar-refractivity contribution in [2.45, 2.75) is 32.7 Å². The van der Waals surface area contributed by atoms with Crippen molar-refractivity contribution in [3.63, 3.8) is 0 Å². The second kappa shape index (κ2) is 5.19. The molecule has 1 aliphatic heterocycles. The van der Waals surface area contributed by atoms with Crippen LogP contribution in [-0.2, 0) is 0 Å². The van der Waals surface area contributed by atoms with Crippen molar-refractivity contribution in [1.29, 1.82) is 5.41 Å². The van der Waals surface area contributed by atoms with Gasteiger partial charge in [0, 0.05) is 28.9 Å². The van der Waals surface area contributed by atoms with Gasteiger partial charge in [0.15, 0.2) is 0 Å². The first-order valence-electron chi connectivity index (χ1n) is 6.41. The van der Waals surface area contributed by atoms with Crippen LogP contribution in [0.5, 0.6) is 0 Å². The van der Waals surface area contributed by atoms with Crippen molar-refractivity contribution < 1.29 is 0 Å². The van der Waals surface area contributed by atoms with Gasteiger partial charge in [-0.15, -0.1) is 0 Å². The third-order valence-electron chi connectivity index (χ3n) is 3.63. The molecule has 0 amide bonds. The van der Waals surface area contributed by atoms with Gasteiger partial charge in [-0.25, -0.2) is 0 Å². The van der Waals surface area contributed by atoms with Crippen LogP contribution in [0.3, 0.4) is 0 Å². The van der Waals surface area contributed by atoms with Crippen molar-refractivity contribution in [2.24, 2.45) is 11.7 Å². The molecule has 1 aromatic rings. The van der Waals surface area contributed by atoms with Crippen molar-refractivity contribution in [1.82, 2.24) is 0 Å². The van der Waals surface area contributed by atoms with Crippen LogP contribution in [-0.4, -0.2) is 18.4 Å². The van der Waals surface area contributed by atoms with E-state index in [2.05, 4.69) is 18.7 Å². The van der Waals surface area contributed by atoms with Gasteiger partial charge in [0.25, 0.3) is 0 Å². The molecule has 0 aliphatic carbocycles. The predicted octanol–water partition coefficient (Wildman–Crippen LogP) is 3.25. The highest BCUT2D eigenvalue weighted by Gasteiger charge is 2.29. The van der Waals surface area contributed by atoms with Crippen molar-refractivity contribution in [2.75, 3.05) is 11.4 Å². The number of amidine groups is 1. The molecule has 0 saturated carbocycles. The fourth-order valence-corrected chi connectivity index (χ4v) is 2.92. The maximum atomic E-state index is 7.69. The number of nitrogens with zero attached hydrogens (tertiary/aromatic N) is 1. The summed E-state index contributed by atoms with van der Waals surface area (Å²) in [5.74, 6) is 0.697. The number of nitrogen functional groups attached to an aromatic ring is 1. The first kappa shape index (κ1) is 13.2. The summed E-state index contributed by atoms with van der Waals surface area (Å²) in [4.78, 5) is 2.35. The molecule has 2 rings (SSSR count). The van der Waals surface area contributed by atoms with Crippen molar-refractivity contribution in [3.8, 4) is 0 Å². The number of rotatable bonds is 3. The lowest BCUT2D eigenvalue weighted by Gasteiger charge is -2.31. The van der Waals surface area contributed by atoms with E-state index in [1.807, 2.05) is 12.1 Å². The Labute approximate surface area is 113 Å². The van der Waals surface area contributed by atoms with Crippen molar-refractivity contribution in [3.05, 3.63) is 28.8 Å². The van der Waals surface area contributed by atoms with Gasteiger partial charge >= 0.3 is 0 Å². The molecule has 1 unspecified atom stereocenters. The monoisotopic (exact) mass is 265 g/mol.